The highest BCUT2D eigenvalue weighted by Crippen LogP contribution is 2.32. The maximum atomic E-state index is 5.59. The Balaban J connectivity index is 2.12. The van der Waals surface area contributed by atoms with Crippen LogP contribution in [-0.4, -0.2) is 21.3 Å². The maximum Gasteiger partial charge on any atom is 0.0810 e. The van der Waals surface area contributed by atoms with Gasteiger partial charge in [0.15, 0.2) is 0 Å². The van der Waals surface area contributed by atoms with Crippen LogP contribution in [0, 0.1) is 5.92 Å². The molecule has 0 amide bonds. The number of aryl methyl sites for hydroxylation is 1. The molecule has 1 aromatic heterocycles. The molecular formula is C9H16N4S. The second kappa shape index (κ2) is 4.33. The Kier molecular flexibility index (Phi) is 3.10. The molecule has 78 valence electrons. The molecule has 0 aromatic carbocycles. The fourth-order valence-corrected chi connectivity index (χ4v) is 3.18. The van der Waals surface area contributed by atoms with Crippen molar-refractivity contribution in [2.45, 2.75) is 12.5 Å². The summed E-state index contributed by atoms with van der Waals surface area (Å²) in [6.45, 7) is 0. The summed E-state index contributed by atoms with van der Waals surface area (Å²) in [5.41, 5.74) is 3.94. The molecule has 1 aromatic rings. The Labute approximate surface area is 88.2 Å². The summed E-state index contributed by atoms with van der Waals surface area (Å²) < 4.78 is 1.82. The smallest absolute Gasteiger partial charge is 0.0810 e. The number of thioether (sulfide) groups is 1. The van der Waals surface area contributed by atoms with E-state index in [9.17, 15) is 0 Å². The molecule has 0 aliphatic carbocycles. The Morgan fingerprint density at radius 3 is 3.14 bits per heavy atom. The van der Waals surface area contributed by atoms with E-state index in [1.165, 1.54) is 17.9 Å². The van der Waals surface area contributed by atoms with E-state index in [1.807, 2.05) is 35.8 Å². The third kappa shape index (κ3) is 1.94. The number of nitrogens with two attached hydrogens (primary N) is 1. The van der Waals surface area contributed by atoms with E-state index >= 15 is 0 Å². The molecule has 5 heteroatoms. The van der Waals surface area contributed by atoms with Gasteiger partial charge in [-0.1, -0.05) is 0 Å². The fourth-order valence-electron chi connectivity index (χ4n) is 1.88. The van der Waals surface area contributed by atoms with E-state index < -0.39 is 0 Å². The lowest BCUT2D eigenvalue weighted by molar-refractivity contribution is 0.389. The van der Waals surface area contributed by atoms with Crippen LogP contribution in [0.4, 0.5) is 0 Å². The first kappa shape index (κ1) is 10.0. The first-order valence-corrected chi connectivity index (χ1v) is 6.00. The van der Waals surface area contributed by atoms with Crippen molar-refractivity contribution in [2.75, 3.05) is 11.5 Å². The zero-order valence-corrected chi connectivity index (χ0v) is 9.13. The highest BCUT2D eigenvalue weighted by Gasteiger charge is 2.27. The molecule has 14 heavy (non-hydrogen) atoms. The average molecular weight is 212 g/mol. The largest absolute Gasteiger partial charge is 0.275 e. The van der Waals surface area contributed by atoms with Gasteiger partial charge in [0.2, 0.25) is 0 Å². The molecule has 2 atom stereocenters. The zero-order valence-electron chi connectivity index (χ0n) is 8.31. The maximum absolute atomic E-state index is 5.59. The van der Waals surface area contributed by atoms with Gasteiger partial charge in [-0.15, -0.1) is 0 Å². The van der Waals surface area contributed by atoms with Gasteiger partial charge in [0.1, 0.15) is 0 Å². The molecule has 2 unspecified atom stereocenters. The molecule has 0 radical (unpaired) electrons. The van der Waals surface area contributed by atoms with Crippen LogP contribution < -0.4 is 11.3 Å². The Morgan fingerprint density at radius 1 is 1.79 bits per heavy atom. The molecular weight excluding hydrogens is 196 g/mol. The van der Waals surface area contributed by atoms with E-state index in [4.69, 9.17) is 5.84 Å². The lowest BCUT2D eigenvalue weighted by Crippen LogP contribution is -2.34. The predicted molar refractivity (Wildman–Crippen MR) is 58.7 cm³/mol. The number of rotatable bonds is 3. The van der Waals surface area contributed by atoms with Crippen molar-refractivity contribution in [3.05, 3.63) is 18.0 Å². The van der Waals surface area contributed by atoms with Crippen LogP contribution in [0.5, 0.6) is 0 Å². The molecule has 4 nitrogen and oxygen atoms in total. The molecule has 3 N–H and O–H groups in total. The molecule has 0 spiro atoms. The molecule has 2 heterocycles. The molecule has 1 aliphatic heterocycles. The van der Waals surface area contributed by atoms with Crippen LogP contribution in [0.2, 0.25) is 0 Å². The summed E-state index contributed by atoms with van der Waals surface area (Å²) in [5.74, 6) is 8.64. The summed E-state index contributed by atoms with van der Waals surface area (Å²) in [4.78, 5) is 0. The molecule has 0 saturated carbocycles. The summed E-state index contributed by atoms with van der Waals surface area (Å²) in [7, 11) is 1.93. The van der Waals surface area contributed by atoms with Gasteiger partial charge in [-0.2, -0.15) is 16.9 Å². The number of nitrogens with one attached hydrogen (secondary N) is 1. The van der Waals surface area contributed by atoms with Gasteiger partial charge in [0, 0.05) is 13.2 Å². The molecule has 1 aliphatic rings. The first-order valence-electron chi connectivity index (χ1n) is 4.84. The molecule has 1 fully saturated rings. The summed E-state index contributed by atoms with van der Waals surface area (Å²) in [6.07, 6.45) is 3.19. The zero-order chi connectivity index (χ0) is 9.97. The third-order valence-electron chi connectivity index (χ3n) is 2.67. The van der Waals surface area contributed by atoms with Crippen molar-refractivity contribution in [1.82, 2.24) is 15.2 Å². The van der Waals surface area contributed by atoms with Gasteiger partial charge in [0.25, 0.3) is 0 Å². The van der Waals surface area contributed by atoms with Crippen LogP contribution in [0.15, 0.2) is 12.3 Å². The predicted octanol–water partition coefficient (Wildman–Crippen LogP) is 0.678. The SMILES string of the molecule is Cn1ccc(C(NN)C2CCSC2)n1. The Bertz CT molecular complexity index is 293. The van der Waals surface area contributed by atoms with Gasteiger partial charge >= 0.3 is 0 Å². The van der Waals surface area contributed by atoms with Gasteiger partial charge < -0.3 is 0 Å². The standard InChI is InChI=1S/C9H16N4S/c1-13-4-2-8(12-13)9(11-10)7-3-5-14-6-7/h2,4,7,9,11H,3,5-6,10H2,1H3. The molecule has 2 rings (SSSR count). The number of nitrogens with zero attached hydrogens (tertiary/aromatic N) is 2. The molecule has 0 bridgehead atoms. The van der Waals surface area contributed by atoms with Gasteiger partial charge in [0.05, 0.1) is 11.7 Å². The van der Waals surface area contributed by atoms with E-state index in [0.717, 1.165) is 5.69 Å². The topological polar surface area (TPSA) is 55.9 Å². The number of hydrogen-bond acceptors (Lipinski definition) is 4. The minimum Gasteiger partial charge on any atom is -0.275 e. The number of hydrazine groups is 1. The number of aromatic nitrogens is 2. The van der Waals surface area contributed by atoms with Crippen LogP contribution in [0.25, 0.3) is 0 Å². The number of hydrogen-bond donors (Lipinski definition) is 2. The quantitative estimate of drug-likeness (QED) is 0.571. The average Bonchev–Trinajstić information content (AvgIpc) is 2.79. The fraction of sp³-hybridized carbons (Fsp3) is 0.667. The third-order valence-corrected chi connectivity index (χ3v) is 3.86. The minimum absolute atomic E-state index is 0.214. The Hall–Kier alpha value is -0.520. The van der Waals surface area contributed by atoms with E-state index in [2.05, 4.69) is 10.5 Å². The second-order valence-corrected chi connectivity index (χ2v) is 4.83. The van der Waals surface area contributed by atoms with Crippen LogP contribution in [0.1, 0.15) is 18.2 Å². The van der Waals surface area contributed by atoms with Crippen molar-refractivity contribution >= 4 is 11.8 Å². The normalized spacial score (nSPS) is 24.0. The van der Waals surface area contributed by atoms with Crippen LogP contribution in [-0.2, 0) is 7.05 Å². The van der Waals surface area contributed by atoms with Crippen molar-refractivity contribution in [3.8, 4) is 0 Å². The second-order valence-electron chi connectivity index (χ2n) is 3.68. The lowest BCUT2D eigenvalue weighted by Gasteiger charge is -2.19. The highest BCUT2D eigenvalue weighted by atomic mass is 32.2. The van der Waals surface area contributed by atoms with Gasteiger partial charge in [-0.05, 0) is 29.9 Å². The highest BCUT2D eigenvalue weighted by molar-refractivity contribution is 7.99. The van der Waals surface area contributed by atoms with E-state index in [0.29, 0.717) is 5.92 Å². The van der Waals surface area contributed by atoms with Crippen molar-refractivity contribution < 1.29 is 0 Å². The van der Waals surface area contributed by atoms with Gasteiger partial charge in [-0.3, -0.25) is 16.0 Å². The van der Waals surface area contributed by atoms with Crippen molar-refractivity contribution in [1.29, 1.82) is 0 Å². The first-order chi connectivity index (χ1) is 6.81. The summed E-state index contributed by atoms with van der Waals surface area (Å²) in [6, 6.07) is 2.25. The van der Waals surface area contributed by atoms with E-state index in [-0.39, 0.29) is 6.04 Å². The molecule has 1 saturated heterocycles. The Morgan fingerprint density at radius 2 is 2.64 bits per heavy atom. The lowest BCUT2D eigenvalue weighted by atomic mass is 9.97. The van der Waals surface area contributed by atoms with Crippen molar-refractivity contribution in [2.24, 2.45) is 18.8 Å². The van der Waals surface area contributed by atoms with Crippen molar-refractivity contribution in [3.63, 3.8) is 0 Å². The van der Waals surface area contributed by atoms with E-state index in [1.54, 1.807) is 0 Å². The summed E-state index contributed by atoms with van der Waals surface area (Å²) >= 11 is 2.00. The summed E-state index contributed by atoms with van der Waals surface area (Å²) in [5, 5.41) is 4.39. The minimum atomic E-state index is 0.214. The van der Waals surface area contributed by atoms with Crippen LogP contribution in [0.3, 0.4) is 0 Å². The van der Waals surface area contributed by atoms with Crippen LogP contribution >= 0.6 is 11.8 Å². The van der Waals surface area contributed by atoms with Gasteiger partial charge in [-0.25, -0.2) is 0 Å². The monoisotopic (exact) mass is 212 g/mol.